The number of ether oxygens (including phenoxy) is 2. The van der Waals surface area contributed by atoms with Gasteiger partial charge in [-0.1, -0.05) is 39.0 Å². The maximum absolute atomic E-state index is 15.0. The molecule has 1 radical (unpaired) electrons. The SMILES string of the molecule is CCCC[C@H]1CC[C@H]([C@H]2CC[C@H](c3c(F)c(F)[c]c(F)c3Oc3cc(F)c(OC(F)F)c(F)c3)CC2)CC1. The van der Waals surface area contributed by atoms with Gasteiger partial charge in [-0.2, -0.15) is 8.78 Å². The summed E-state index contributed by atoms with van der Waals surface area (Å²) >= 11 is 0. The molecule has 9 heteroatoms. The molecule has 0 spiro atoms. The molecule has 0 atom stereocenters. The molecule has 0 aromatic heterocycles. The molecule has 4 rings (SSSR count). The van der Waals surface area contributed by atoms with Crippen molar-refractivity contribution >= 4 is 0 Å². The van der Waals surface area contributed by atoms with Crippen LogP contribution < -0.4 is 9.47 Å². The van der Waals surface area contributed by atoms with Gasteiger partial charge in [-0.3, -0.25) is 0 Å². The monoisotopic (exact) mass is 545 g/mol. The van der Waals surface area contributed by atoms with Crippen LogP contribution in [0.4, 0.5) is 30.7 Å². The number of rotatable bonds is 9. The van der Waals surface area contributed by atoms with E-state index in [0.29, 0.717) is 36.8 Å². The summed E-state index contributed by atoms with van der Waals surface area (Å²) in [6.07, 6.45) is 11.0. The molecule has 0 bridgehead atoms. The average molecular weight is 546 g/mol. The first-order valence-corrected chi connectivity index (χ1v) is 13.4. The van der Waals surface area contributed by atoms with Gasteiger partial charge in [0.1, 0.15) is 5.75 Å². The van der Waals surface area contributed by atoms with E-state index < -0.39 is 58.9 Å². The van der Waals surface area contributed by atoms with Crippen LogP contribution in [0.25, 0.3) is 0 Å². The van der Waals surface area contributed by atoms with Crippen molar-refractivity contribution in [1.29, 1.82) is 0 Å². The van der Waals surface area contributed by atoms with E-state index in [1.165, 1.54) is 44.9 Å². The topological polar surface area (TPSA) is 18.5 Å². The van der Waals surface area contributed by atoms with Crippen LogP contribution in [-0.2, 0) is 0 Å². The largest absolute Gasteiger partial charge is 0.454 e. The van der Waals surface area contributed by atoms with Crippen LogP contribution in [0.3, 0.4) is 0 Å². The Labute approximate surface area is 218 Å². The lowest BCUT2D eigenvalue weighted by molar-refractivity contribution is -0.0547. The zero-order valence-electron chi connectivity index (χ0n) is 21.3. The summed E-state index contributed by atoms with van der Waals surface area (Å²) < 4.78 is 106. The lowest BCUT2D eigenvalue weighted by Gasteiger charge is -2.38. The third kappa shape index (κ3) is 6.57. The quantitative estimate of drug-likeness (QED) is 0.231. The van der Waals surface area contributed by atoms with Crippen LogP contribution in [0, 0.1) is 52.9 Å². The van der Waals surface area contributed by atoms with E-state index in [2.05, 4.69) is 11.7 Å². The van der Waals surface area contributed by atoms with Crippen LogP contribution in [-0.4, -0.2) is 6.61 Å². The van der Waals surface area contributed by atoms with Crippen molar-refractivity contribution in [3.8, 4) is 17.2 Å². The van der Waals surface area contributed by atoms with Gasteiger partial charge in [0, 0.05) is 17.7 Å². The summed E-state index contributed by atoms with van der Waals surface area (Å²) in [6.45, 7) is -1.27. The number of hydrogen-bond acceptors (Lipinski definition) is 2. The van der Waals surface area contributed by atoms with Gasteiger partial charge in [-0.25, -0.2) is 22.0 Å². The predicted molar refractivity (Wildman–Crippen MR) is 128 cm³/mol. The minimum Gasteiger partial charge on any atom is -0.454 e. The Kier molecular flexibility index (Phi) is 9.47. The fourth-order valence-corrected chi connectivity index (χ4v) is 6.24. The van der Waals surface area contributed by atoms with E-state index >= 15 is 0 Å². The Morgan fingerprint density at radius 1 is 0.816 bits per heavy atom. The molecule has 0 N–H and O–H groups in total. The Hall–Kier alpha value is -2.45. The number of halogens is 7. The summed E-state index contributed by atoms with van der Waals surface area (Å²) in [6, 6.07) is 2.63. The normalized spacial score (nSPS) is 24.0. The molecule has 2 aliphatic rings. The highest BCUT2D eigenvalue weighted by atomic mass is 19.3. The van der Waals surface area contributed by atoms with Crippen molar-refractivity contribution in [3.63, 3.8) is 0 Å². The summed E-state index contributed by atoms with van der Waals surface area (Å²) in [5.41, 5.74) is -0.339. The van der Waals surface area contributed by atoms with E-state index in [-0.39, 0.29) is 5.56 Å². The first kappa shape index (κ1) is 28.6. The van der Waals surface area contributed by atoms with Gasteiger partial charge in [0.15, 0.2) is 40.6 Å². The van der Waals surface area contributed by atoms with E-state index in [1.807, 2.05) is 0 Å². The highest BCUT2D eigenvalue weighted by Crippen LogP contribution is 2.48. The third-order valence-electron chi connectivity index (χ3n) is 8.20. The molecule has 0 heterocycles. The van der Waals surface area contributed by atoms with Crippen LogP contribution in [0.15, 0.2) is 12.1 Å². The number of alkyl halides is 2. The third-order valence-corrected chi connectivity index (χ3v) is 8.20. The molecule has 0 aliphatic heterocycles. The fraction of sp³-hybridized carbons (Fsp3) is 0.586. The predicted octanol–water partition coefficient (Wildman–Crippen LogP) is 9.85. The highest BCUT2D eigenvalue weighted by molar-refractivity contribution is 5.44. The standard InChI is InChI=1S/C29H32F7O2/c1-2-3-4-16-5-7-17(8-6-16)18-9-11-19(12-10-18)25-26(34)21(30)15-24(33)28(25)37-20-13-22(31)27(23(32)14-20)38-29(35)36/h13-14,16-19,29H,2-12H2,1H3/t16-,17-,18-,19-. The molecule has 2 nitrogen and oxygen atoms in total. The molecule has 2 fully saturated rings. The second-order valence-electron chi connectivity index (χ2n) is 10.5. The highest BCUT2D eigenvalue weighted by Gasteiger charge is 2.35. The minimum absolute atomic E-state index is 0.339. The van der Waals surface area contributed by atoms with Crippen molar-refractivity contribution in [2.24, 2.45) is 17.8 Å². The van der Waals surface area contributed by atoms with Gasteiger partial charge in [0.05, 0.1) is 6.07 Å². The Balaban J connectivity index is 1.49. The van der Waals surface area contributed by atoms with E-state index in [9.17, 15) is 30.7 Å². The second-order valence-corrected chi connectivity index (χ2v) is 10.5. The number of benzene rings is 2. The van der Waals surface area contributed by atoms with Gasteiger partial charge >= 0.3 is 6.61 Å². The van der Waals surface area contributed by atoms with Crippen molar-refractivity contribution in [2.45, 2.75) is 90.1 Å². The molecule has 0 amide bonds. The summed E-state index contributed by atoms with van der Waals surface area (Å²) in [5.74, 6) is -8.59. The van der Waals surface area contributed by atoms with Gasteiger partial charge in [0.25, 0.3) is 0 Å². The maximum Gasteiger partial charge on any atom is 0.387 e. The Morgan fingerprint density at radius 2 is 1.39 bits per heavy atom. The molecular formula is C29H32F7O2. The molecule has 2 saturated carbocycles. The molecule has 209 valence electrons. The van der Waals surface area contributed by atoms with Crippen LogP contribution in [0.5, 0.6) is 17.2 Å². The summed E-state index contributed by atoms with van der Waals surface area (Å²) in [4.78, 5) is 0. The molecule has 38 heavy (non-hydrogen) atoms. The second kappa shape index (κ2) is 12.6. The first-order valence-electron chi connectivity index (χ1n) is 13.4. The Bertz CT molecular complexity index is 1070. The smallest absolute Gasteiger partial charge is 0.387 e. The number of unbranched alkanes of at least 4 members (excludes halogenated alkanes) is 1. The molecule has 2 aromatic carbocycles. The molecule has 0 unspecified atom stereocenters. The van der Waals surface area contributed by atoms with Gasteiger partial charge in [-0.15, -0.1) is 0 Å². The van der Waals surface area contributed by atoms with Crippen molar-refractivity contribution in [3.05, 3.63) is 52.8 Å². The molecule has 2 aliphatic carbocycles. The van der Waals surface area contributed by atoms with Crippen LogP contribution in [0.2, 0.25) is 0 Å². The van der Waals surface area contributed by atoms with Crippen molar-refractivity contribution in [1.82, 2.24) is 0 Å². The molecule has 2 aromatic rings. The average Bonchev–Trinajstić information content (AvgIpc) is 2.89. The summed E-state index contributed by atoms with van der Waals surface area (Å²) in [5, 5.41) is 0. The number of hydrogen-bond donors (Lipinski definition) is 0. The first-order chi connectivity index (χ1) is 18.2. The lowest BCUT2D eigenvalue weighted by atomic mass is 9.68. The van der Waals surface area contributed by atoms with Gasteiger partial charge < -0.3 is 9.47 Å². The molecular weight excluding hydrogens is 513 g/mol. The van der Waals surface area contributed by atoms with E-state index in [1.54, 1.807) is 6.07 Å². The zero-order valence-corrected chi connectivity index (χ0v) is 21.3. The lowest BCUT2D eigenvalue weighted by Crippen LogP contribution is -2.26. The minimum atomic E-state index is -3.47. The fourth-order valence-electron chi connectivity index (χ4n) is 6.24. The van der Waals surface area contributed by atoms with Crippen LogP contribution >= 0.6 is 0 Å². The Morgan fingerprint density at radius 3 is 1.95 bits per heavy atom. The van der Waals surface area contributed by atoms with Crippen molar-refractivity contribution < 1.29 is 40.2 Å². The van der Waals surface area contributed by atoms with Gasteiger partial charge in [0.2, 0.25) is 0 Å². The van der Waals surface area contributed by atoms with E-state index in [4.69, 9.17) is 4.74 Å². The van der Waals surface area contributed by atoms with E-state index in [0.717, 1.165) is 18.8 Å². The van der Waals surface area contributed by atoms with Gasteiger partial charge in [-0.05, 0) is 62.2 Å². The zero-order chi connectivity index (χ0) is 27.4. The summed E-state index contributed by atoms with van der Waals surface area (Å²) in [7, 11) is 0. The van der Waals surface area contributed by atoms with Crippen LogP contribution in [0.1, 0.15) is 89.0 Å². The maximum atomic E-state index is 15.0. The van der Waals surface area contributed by atoms with Crippen molar-refractivity contribution in [2.75, 3.05) is 0 Å². The molecule has 0 saturated heterocycles.